The van der Waals surface area contributed by atoms with E-state index in [0.717, 1.165) is 17.5 Å². The predicted octanol–water partition coefficient (Wildman–Crippen LogP) is 5.28. The Morgan fingerprint density at radius 2 is 1.83 bits per heavy atom. The van der Waals surface area contributed by atoms with Crippen LogP contribution in [0.3, 0.4) is 0 Å². The average Bonchev–Trinajstić information content (AvgIpc) is 3.17. The van der Waals surface area contributed by atoms with Gasteiger partial charge in [0.2, 0.25) is 0 Å². The summed E-state index contributed by atoms with van der Waals surface area (Å²) in [5.41, 5.74) is 5.50. The zero-order valence-electron chi connectivity index (χ0n) is 14.5. The molecule has 2 aromatic carbocycles. The minimum atomic E-state index is -4.81. The van der Waals surface area contributed by atoms with Crippen LogP contribution in [0.4, 0.5) is 17.6 Å². The van der Waals surface area contributed by atoms with E-state index in [1.807, 2.05) is 0 Å². The highest BCUT2D eigenvalue weighted by molar-refractivity contribution is 7.13. The summed E-state index contributed by atoms with van der Waals surface area (Å²) < 4.78 is 52.7. The molecule has 2 aromatic heterocycles. The van der Waals surface area contributed by atoms with Crippen LogP contribution in [0.15, 0.2) is 53.9 Å². The fourth-order valence-electron chi connectivity index (χ4n) is 2.89. The quantitative estimate of drug-likeness (QED) is 0.461. The second-order valence-corrected chi connectivity index (χ2v) is 7.03. The lowest BCUT2D eigenvalue weighted by atomic mass is 10.0. The van der Waals surface area contributed by atoms with Gasteiger partial charge in [-0.25, -0.2) is 14.4 Å². The number of halogens is 4. The second kappa shape index (κ2) is 6.93. The van der Waals surface area contributed by atoms with E-state index < -0.39 is 23.5 Å². The third-order valence-corrected chi connectivity index (χ3v) is 5.15. The van der Waals surface area contributed by atoms with Crippen molar-refractivity contribution in [1.29, 1.82) is 0 Å². The van der Waals surface area contributed by atoms with Crippen LogP contribution in [0, 0.1) is 5.82 Å². The molecule has 0 unspecified atom stereocenters. The largest absolute Gasteiger partial charge is 0.419 e. The number of alkyl halides is 3. The molecule has 9 heteroatoms. The number of thiazole rings is 1. The van der Waals surface area contributed by atoms with Gasteiger partial charge in [0.15, 0.2) is 0 Å². The van der Waals surface area contributed by atoms with Crippen molar-refractivity contribution in [3.05, 3.63) is 71.0 Å². The van der Waals surface area contributed by atoms with E-state index in [1.165, 1.54) is 22.8 Å². The Balaban J connectivity index is 1.87. The van der Waals surface area contributed by atoms with E-state index in [2.05, 4.69) is 9.97 Å². The smallest absolute Gasteiger partial charge is 0.364 e. The van der Waals surface area contributed by atoms with Gasteiger partial charge in [0, 0.05) is 21.9 Å². The number of nitrogens with zero attached hydrogens (tertiary/aromatic N) is 2. The number of hydrogen-bond donors (Lipinski definition) is 1. The first kappa shape index (κ1) is 19.0. The summed E-state index contributed by atoms with van der Waals surface area (Å²) in [6, 6.07) is 11.4. The molecule has 4 rings (SSSR count). The number of carbonyl (C=O) groups is 1. The van der Waals surface area contributed by atoms with Gasteiger partial charge in [-0.15, -0.1) is 11.3 Å². The number of hydrogen-bond acceptors (Lipinski definition) is 4. The molecule has 146 valence electrons. The SMILES string of the molecule is NC(=O)c1csc(-c2cccc3ccc(-c4ccc(F)c(C(F)(F)F)c4)nc23)n1. The van der Waals surface area contributed by atoms with Crippen LogP contribution in [-0.2, 0) is 6.18 Å². The number of carbonyl (C=O) groups excluding carboxylic acids is 1. The molecule has 0 aliphatic heterocycles. The Morgan fingerprint density at radius 1 is 1.03 bits per heavy atom. The summed E-state index contributed by atoms with van der Waals surface area (Å²) in [4.78, 5) is 20.0. The van der Waals surface area contributed by atoms with Crippen molar-refractivity contribution in [2.24, 2.45) is 5.73 Å². The summed E-state index contributed by atoms with van der Waals surface area (Å²) in [5.74, 6) is -2.00. The number of pyridine rings is 1. The Bertz CT molecular complexity index is 1250. The first-order valence-electron chi connectivity index (χ1n) is 8.26. The lowest BCUT2D eigenvalue weighted by Gasteiger charge is -2.11. The minimum absolute atomic E-state index is 0.117. The fraction of sp³-hybridized carbons (Fsp3) is 0.0500. The van der Waals surface area contributed by atoms with E-state index in [4.69, 9.17) is 5.73 Å². The van der Waals surface area contributed by atoms with Gasteiger partial charge in [-0.05, 0) is 30.3 Å². The standard InChI is InChI=1S/C20H11F4N3OS/c21-14-6-4-11(8-13(14)20(22,23)24)15-7-5-10-2-1-3-12(17(10)26-15)19-27-16(9-29-19)18(25)28/h1-9H,(H2,25,28). The summed E-state index contributed by atoms with van der Waals surface area (Å²) in [6.45, 7) is 0. The number of amides is 1. The number of aromatic nitrogens is 2. The van der Waals surface area contributed by atoms with E-state index >= 15 is 0 Å². The highest BCUT2D eigenvalue weighted by atomic mass is 32.1. The highest BCUT2D eigenvalue weighted by Crippen LogP contribution is 2.35. The molecule has 0 spiro atoms. The van der Waals surface area contributed by atoms with Crippen LogP contribution < -0.4 is 5.73 Å². The zero-order chi connectivity index (χ0) is 20.8. The van der Waals surface area contributed by atoms with Crippen molar-refractivity contribution < 1.29 is 22.4 Å². The molecular weight excluding hydrogens is 406 g/mol. The van der Waals surface area contributed by atoms with Crippen molar-refractivity contribution >= 4 is 28.1 Å². The molecule has 1 amide bonds. The number of nitrogens with two attached hydrogens (primary N) is 1. The van der Waals surface area contributed by atoms with Gasteiger partial charge >= 0.3 is 6.18 Å². The average molecular weight is 417 g/mol. The van der Waals surface area contributed by atoms with Crippen LogP contribution in [0.25, 0.3) is 32.7 Å². The Labute approximate surface area is 165 Å². The number of benzene rings is 2. The number of para-hydroxylation sites is 1. The van der Waals surface area contributed by atoms with Crippen molar-refractivity contribution in [2.45, 2.75) is 6.18 Å². The fourth-order valence-corrected chi connectivity index (χ4v) is 3.73. The molecule has 4 nitrogen and oxygen atoms in total. The van der Waals surface area contributed by atoms with Crippen molar-refractivity contribution in [2.75, 3.05) is 0 Å². The molecule has 0 fully saturated rings. The maximum atomic E-state index is 13.6. The first-order chi connectivity index (χ1) is 13.7. The molecule has 2 N–H and O–H groups in total. The molecule has 0 bridgehead atoms. The van der Waals surface area contributed by atoms with Crippen LogP contribution in [0.5, 0.6) is 0 Å². The summed E-state index contributed by atoms with van der Waals surface area (Å²) in [6.07, 6.45) is -4.81. The molecular formula is C20H11F4N3OS. The van der Waals surface area contributed by atoms with Crippen LogP contribution in [0.2, 0.25) is 0 Å². The molecule has 0 saturated heterocycles. The molecule has 0 atom stereocenters. The lowest BCUT2D eigenvalue weighted by molar-refractivity contribution is -0.139. The molecule has 0 saturated carbocycles. The van der Waals surface area contributed by atoms with Crippen LogP contribution in [-0.4, -0.2) is 15.9 Å². The zero-order valence-corrected chi connectivity index (χ0v) is 15.3. The maximum absolute atomic E-state index is 13.6. The van der Waals surface area contributed by atoms with E-state index in [-0.39, 0.29) is 17.0 Å². The predicted molar refractivity (Wildman–Crippen MR) is 102 cm³/mol. The molecule has 0 aliphatic rings. The third-order valence-electron chi connectivity index (χ3n) is 4.27. The third kappa shape index (κ3) is 3.56. The summed E-state index contributed by atoms with van der Waals surface area (Å²) >= 11 is 1.20. The summed E-state index contributed by atoms with van der Waals surface area (Å²) in [7, 11) is 0. The van der Waals surface area contributed by atoms with Crippen molar-refractivity contribution in [1.82, 2.24) is 9.97 Å². The van der Waals surface area contributed by atoms with Gasteiger partial charge < -0.3 is 5.73 Å². The lowest BCUT2D eigenvalue weighted by Crippen LogP contribution is -2.10. The molecule has 0 aliphatic carbocycles. The number of rotatable bonds is 3. The number of primary amides is 1. The van der Waals surface area contributed by atoms with Crippen LogP contribution in [0.1, 0.15) is 16.1 Å². The first-order valence-corrected chi connectivity index (χ1v) is 9.14. The topological polar surface area (TPSA) is 68.9 Å². The molecule has 4 aromatic rings. The Hall–Kier alpha value is -3.33. The maximum Gasteiger partial charge on any atom is 0.419 e. The van der Waals surface area contributed by atoms with E-state index in [0.29, 0.717) is 16.1 Å². The van der Waals surface area contributed by atoms with Gasteiger partial charge in [0.1, 0.15) is 16.5 Å². The van der Waals surface area contributed by atoms with Crippen molar-refractivity contribution in [3.8, 4) is 21.8 Å². The van der Waals surface area contributed by atoms with Gasteiger partial charge in [0.05, 0.1) is 16.8 Å². The monoisotopic (exact) mass is 417 g/mol. The summed E-state index contributed by atoms with van der Waals surface area (Å²) in [5, 5.41) is 2.76. The number of fused-ring (bicyclic) bond motifs is 1. The van der Waals surface area contributed by atoms with Crippen molar-refractivity contribution in [3.63, 3.8) is 0 Å². The minimum Gasteiger partial charge on any atom is -0.364 e. The molecule has 29 heavy (non-hydrogen) atoms. The normalized spacial score (nSPS) is 11.7. The Morgan fingerprint density at radius 3 is 2.52 bits per heavy atom. The van der Waals surface area contributed by atoms with Gasteiger partial charge in [-0.2, -0.15) is 13.2 Å². The highest BCUT2D eigenvalue weighted by Gasteiger charge is 2.34. The van der Waals surface area contributed by atoms with E-state index in [1.54, 1.807) is 30.3 Å². The van der Waals surface area contributed by atoms with Gasteiger partial charge in [-0.1, -0.05) is 18.2 Å². The Kier molecular flexibility index (Phi) is 4.54. The van der Waals surface area contributed by atoms with Gasteiger partial charge in [0.25, 0.3) is 5.91 Å². The van der Waals surface area contributed by atoms with E-state index in [9.17, 15) is 22.4 Å². The molecule has 0 radical (unpaired) electrons. The second-order valence-electron chi connectivity index (χ2n) is 6.17. The van der Waals surface area contributed by atoms with Crippen LogP contribution >= 0.6 is 11.3 Å². The van der Waals surface area contributed by atoms with Gasteiger partial charge in [-0.3, -0.25) is 4.79 Å². The molecule has 2 heterocycles.